The molecule has 0 saturated carbocycles. The van der Waals surface area contributed by atoms with Crippen LogP contribution in [0.4, 0.5) is 11.4 Å². The number of hydrogen-bond donors (Lipinski definition) is 3. The largest absolute Gasteiger partial charge is 0.370 e. The first-order valence-corrected chi connectivity index (χ1v) is 8.55. The van der Waals surface area contributed by atoms with Crippen LogP contribution >= 0.6 is 0 Å². The van der Waals surface area contributed by atoms with Gasteiger partial charge < -0.3 is 21.3 Å². The lowest BCUT2D eigenvalue weighted by Crippen LogP contribution is -2.43. The molecule has 8 heteroatoms. The maximum atomic E-state index is 12.4. The van der Waals surface area contributed by atoms with E-state index >= 15 is 0 Å². The lowest BCUT2D eigenvalue weighted by Gasteiger charge is -2.20. The number of nitrogens with one attached hydrogen (secondary N) is 2. The molecule has 0 unspecified atom stereocenters. The third kappa shape index (κ3) is 5.05. The molecule has 0 bridgehead atoms. The van der Waals surface area contributed by atoms with Gasteiger partial charge in [-0.05, 0) is 43.5 Å². The van der Waals surface area contributed by atoms with Gasteiger partial charge in [0.05, 0.1) is 0 Å². The van der Waals surface area contributed by atoms with Crippen molar-refractivity contribution in [1.82, 2.24) is 5.32 Å². The number of carbonyl (C=O) groups is 4. The Morgan fingerprint density at radius 2 is 2.04 bits per heavy atom. The highest BCUT2D eigenvalue weighted by atomic mass is 16.2. The van der Waals surface area contributed by atoms with E-state index in [1.807, 2.05) is 6.92 Å². The number of amides is 4. The van der Waals surface area contributed by atoms with Crippen LogP contribution in [0.3, 0.4) is 0 Å². The van der Waals surface area contributed by atoms with Crippen molar-refractivity contribution in [3.8, 4) is 0 Å². The first-order valence-electron chi connectivity index (χ1n) is 8.55. The molecule has 0 aliphatic carbocycles. The van der Waals surface area contributed by atoms with Gasteiger partial charge in [0.2, 0.25) is 23.6 Å². The summed E-state index contributed by atoms with van der Waals surface area (Å²) >= 11 is 0. The van der Waals surface area contributed by atoms with Crippen molar-refractivity contribution < 1.29 is 19.2 Å². The summed E-state index contributed by atoms with van der Waals surface area (Å²) in [6.07, 6.45) is 1.51. The molecule has 1 atom stereocenters. The zero-order valence-corrected chi connectivity index (χ0v) is 15.0. The van der Waals surface area contributed by atoms with E-state index in [1.54, 1.807) is 23.1 Å². The number of aryl methyl sites for hydroxylation is 1. The lowest BCUT2D eigenvalue weighted by atomic mass is 10.1. The van der Waals surface area contributed by atoms with Gasteiger partial charge in [0.15, 0.2) is 0 Å². The summed E-state index contributed by atoms with van der Waals surface area (Å²) < 4.78 is 0. The monoisotopic (exact) mass is 360 g/mol. The Bertz CT molecular complexity index is 732. The molecule has 4 amide bonds. The van der Waals surface area contributed by atoms with Gasteiger partial charge in [-0.1, -0.05) is 0 Å². The van der Waals surface area contributed by atoms with Crippen LogP contribution in [-0.4, -0.2) is 36.2 Å². The molecule has 2 rings (SSSR count). The quantitative estimate of drug-likeness (QED) is 0.666. The smallest absolute Gasteiger partial charge is 0.246 e. The van der Waals surface area contributed by atoms with Crippen molar-refractivity contribution in [1.29, 1.82) is 0 Å². The summed E-state index contributed by atoms with van der Waals surface area (Å²) in [6, 6.07) is 4.44. The van der Waals surface area contributed by atoms with Gasteiger partial charge in [0, 0.05) is 37.7 Å². The van der Waals surface area contributed by atoms with E-state index in [4.69, 9.17) is 5.73 Å². The SMILES string of the molecule is CC(=O)N[C@@H](CCC(N)=O)C(=O)Nc1ccc(N2CCCC2=O)c(C)c1. The van der Waals surface area contributed by atoms with E-state index in [2.05, 4.69) is 10.6 Å². The first kappa shape index (κ1) is 19.4. The normalized spacial score (nSPS) is 14.8. The summed E-state index contributed by atoms with van der Waals surface area (Å²) in [5.74, 6) is -1.23. The third-order valence-electron chi connectivity index (χ3n) is 4.20. The van der Waals surface area contributed by atoms with Crippen molar-refractivity contribution in [2.45, 2.75) is 45.6 Å². The molecular formula is C18H24N4O4. The summed E-state index contributed by atoms with van der Waals surface area (Å²) in [5, 5.41) is 5.25. The second-order valence-corrected chi connectivity index (χ2v) is 6.40. The van der Waals surface area contributed by atoms with Crippen molar-refractivity contribution in [2.75, 3.05) is 16.8 Å². The number of nitrogens with two attached hydrogens (primary N) is 1. The number of rotatable bonds is 7. The molecule has 0 radical (unpaired) electrons. The highest BCUT2D eigenvalue weighted by Gasteiger charge is 2.24. The minimum absolute atomic E-state index is 0.00654. The predicted molar refractivity (Wildman–Crippen MR) is 97.4 cm³/mol. The number of hydrogen-bond acceptors (Lipinski definition) is 4. The van der Waals surface area contributed by atoms with Gasteiger partial charge in [-0.25, -0.2) is 0 Å². The van der Waals surface area contributed by atoms with Gasteiger partial charge in [0.1, 0.15) is 6.04 Å². The fourth-order valence-electron chi connectivity index (χ4n) is 2.97. The molecule has 0 aromatic heterocycles. The molecule has 1 fully saturated rings. The Morgan fingerprint density at radius 1 is 1.31 bits per heavy atom. The summed E-state index contributed by atoms with van der Waals surface area (Å²) in [5.41, 5.74) is 7.37. The second kappa shape index (κ2) is 8.46. The lowest BCUT2D eigenvalue weighted by molar-refractivity contribution is -0.126. The first-order chi connectivity index (χ1) is 12.3. The standard InChI is InChI=1S/C18H24N4O4/c1-11-10-13(5-7-15(11)22-9-3-4-17(22)25)21-18(26)14(20-12(2)23)6-8-16(19)24/h5,7,10,14H,3-4,6,8-9H2,1-2H3,(H2,19,24)(H,20,23)(H,21,26)/t14-/m0/s1. The van der Waals surface area contributed by atoms with Crippen LogP contribution in [0.25, 0.3) is 0 Å². The number of anilines is 2. The fourth-order valence-corrected chi connectivity index (χ4v) is 2.97. The van der Waals surface area contributed by atoms with Gasteiger partial charge >= 0.3 is 0 Å². The second-order valence-electron chi connectivity index (χ2n) is 6.40. The van der Waals surface area contributed by atoms with Gasteiger partial charge in [-0.2, -0.15) is 0 Å². The van der Waals surface area contributed by atoms with Gasteiger partial charge in [-0.15, -0.1) is 0 Å². The van der Waals surface area contributed by atoms with Crippen LogP contribution < -0.4 is 21.3 Å². The van der Waals surface area contributed by atoms with Gasteiger partial charge in [0.25, 0.3) is 0 Å². The molecule has 26 heavy (non-hydrogen) atoms. The van der Waals surface area contributed by atoms with Crippen LogP contribution in [-0.2, 0) is 19.2 Å². The topological polar surface area (TPSA) is 122 Å². The molecule has 8 nitrogen and oxygen atoms in total. The number of carbonyl (C=O) groups excluding carboxylic acids is 4. The molecule has 1 aromatic rings. The number of nitrogens with zero attached hydrogens (tertiary/aromatic N) is 1. The van der Waals surface area contributed by atoms with E-state index in [9.17, 15) is 19.2 Å². The van der Waals surface area contributed by atoms with E-state index in [0.29, 0.717) is 18.7 Å². The molecule has 1 aliphatic rings. The molecule has 1 aliphatic heterocycles. The number of benzene rings is 1. The molecule has 140 valence electrons. The maximum Gasteiger partial charge on any atom is 0.246 e. The summed E-state index contributed by atoms with van der Waals surface area (Å²) in [6.45, 7) is 3.87. The van der Waals surface area contributed by atoms with Crippen LogP contribution in [0.1, 0.15) is 38.2 Å². The van der Waals surface area contributed by atoms with E-state index in [0.717, 1.165) is 17.7 Å². The van der Waals surface area contributed by atoms with Crippen molar-refractivity contribution in [3.63, 3.8) is 0 Å². The van der Waals surface area contributed by atoms with E-state index in [1.165, 1.54) is 6.92 Å². The molecule has 0 spiro atoms. The highest BCUT2D eigenvalue weighted by molar-refractivity contribution is 5.99. The Labute approximate surface area is 152 Å². The van der Waals surface area contributed by atoms with Crippen LogP contribution in [0.2, 0.25) is 0 Å². The Kier molecular flexibility index (Phi) is 6.32. The molecule has 1 heterocycles. The number of primary amides is 1. The minimum atomic E-state index is -0.847. The zero-order valence-electron chi connectivity index (χ0n) is 15.0. The molecular weight excluding hydrogens is 336 g/mol. The summed E-state index contributed by atoms with van der Waals surface area (Å²) in [4.78, 5) is 48.3. The van der Waals surface area contributed by atoms with Gasteiger partial charge in [-0.3, -0.25) is 19.2 Å². The average molecular weight is 360 g/mol. The van der Waals surface area contributed by atoms with E-state index in [-0.39, 0.29) is 24.7 Å². The Morgan fingerprint density at radius 3 is 2.58 bits per heavy atom. The highest BCUT2D eigenvalue weighted by Crippen LogP contribution is 2.27. The average Bonchev–Trinajstić information content (AvgIpc) is 2.97. The zero-order chi connectivity index (χ0) is 19.3. The van der Waals surface area contributed by atoms with Crippen LogP contribution in [0.5, 0.6) is 0 Å². The van der Waals surface area contributed by atoms with Crippen molar-refractivity contribution in [2.24, 2.45) is 5.73 Å². The Hall–Kier alpha value is -2.90. The minimum Gasteiger partial charge on any atom is -0.370 e. The van der Waals surface area contributed by atoms with Crippen molar-refractivity contribution >= 4 is 35.0 Å². The maximum absolute atomic E-state index is 12.4. The molecule has 1 aromatic carbocycles. The molecule has 1 saturated heterocycles. The van der Waals surface area contributed by atoms with Crippen LogP contribution in [0.15, 0.2) is 18.2 Å². The summed E-state index contributed by atoms with van der Waals surface area (Å²) in [7, 11) is 0. The van der Waals surface area contributed by atoms with Crippen molar-refractivity contribution in [3.05, 3.63) is 23.8 Å². The van der Waals surface area contributed by atoms with E-state index < -0.39 is 17.9 Å². The Balaban J connectivity index is 2.08. The third-order valence-corrected chi connectivity index (χ3v) is 4.20. The fraction of sp³-hybridized carbons (Fsp3) is 0.444. The van der Waals surface area contributed by atoms with Crippen LogP contribution in [0, 0.1) is 6.92 Å². The molecule has 4 N–H and O–H groups in total. The predicted octanol–water partition coefficient (Wildman–Crippen LogP) is 0.831.